The van der Waals surface area contributed by atoms with Crippen molar-refractivity contribution >= 4 is 5.69 Å². The van der Waals surface area contributed by atoms with Gasteiger partial charge in [-0.2, -0.15) is 0 Å². The zero-order valence-electron chi connectivity index (χ0n) is 10.2. The van der Waals surface area contributed by atoms with Gasteiger partial charge in [-0.15, -0.1) is 0 Å². The molecule has 1 saturated heterocycles. The van der Waals surface area contributed by atoms with Crippen molar-refractivity contribution in [3.63, 3.8) is 0 Å². The molecule has 2 heterocycles. The number of fused-ring (bicyclic) bond motifs is 1. The molecule has 2 N–H and O–H groups in total. The third kappa shape index (κ3) is 2.39. The van der Waals surface area contributed by atoms with E-state index in [1.807, 2.05) is 0 Å². The van der Waals surface area contributed by atoms with E-state index in [1.54, 1.807) is 0 Å². The van der Waals surface area contributed by atoms with Crippen molar-refractivity contribution in [2.75, 3.05) is 31.6 Å². The van der Waals surface area contributed by atoms with E-state index in [2.05, 4.69) is 28.8 Å². The van der Waals surface area contributed by atoms with E-state index in [9.17, 15) is 0 Å². The van der Waals surface area contributed by atoms with Crippen LogP contribution in [-0.2, 0) is 6.42 Å². The molecule has 1 fully saturated rings. The molecule has 0 aromatic heterocycles. The lowest BCUT2D eigenvalue weighted by atomic mass is 9.99. The molecule has 2 aliphatic heterocycles. The molecule has 3 nitrogen and oxygen atoms in total. The Labute approximate surface area is 103 Å². The second-order valence-electron chi connectivity index (χ2n) is 4.96. The van der Waals surface area contributed by atoms with Crippen molar-refractivity contribution in [1.82, 2.24) is 5.32 Å². The summed E-state index contributed by atoms with van der Waals surface area (Å²) in [7, 11) is 0. The molecule has 0 spiro atoms. The van der Waals surface area contributed by atoms with Crippen LogP contribution < -0.4 is 15.4 Å². The number of ether oxygens (including phenoxy) is 1. The Kier molecular flexibility index (Phi) is 3.18. The minimum atomic E-state index is 0.724. The number of hydrogen-bond acceptors (Lipinski definition) is 3. The molecular weight excluding hydrogens is 212 g/mol. The lowest BCUT2D eigenvalue weighted by Crippen LogP contribution is -2.30. The lowest BCUT2D eigenvalue weighted by molar-refractivity contribution is 0.214. The predicted octanol–water partition coefficient (Wildman–Crippen LogP) is 2.03. The van der Waals surface area contributed by atoms with E-state index in [1.165, 1.54) is 24.1 Å². The van der Waals surface area contributed by atoms with Crippen molar-refractivity contribution in [2.24, 2.45) is 5.92 Å². The van der Waals surface area contributed by atoms with Crippen molar-refractivity contribution in [3.05, 3.63) is 23.8 Å². The van der Waals surface area contributed by atoms with Crippen LogP contribution in [0, 0.1) is 5.92 Å². The van der Waals surface area contributed by atoms with Gasteiger partial charge in [0.1, 0.15) is 5.75 Å². The summed E-state index contributed by atoms with van der Waals surface area (Å²) in [6, 6.07) is 6.32. The average molecular weight is 232 g/mol. The van der Waals surface area contributed by atoms with Gasteiger partial charge in [0.2, 0.25) is 0 Å². The third-order valence-corrected chi connectivity index (χ3v) is 3.76. The average Bonchev–Trinajstić information content (AvgIpc) is 2.86. The molecule has 0 unspecified atom stereocenters. The molecule has 0 saturated carbocycles. The Balaban J connectivity index is 1.63. The summed E-state index contributed by atoms with van der Waals surface area (Å²) in [5, 5.41) is 6.78. The Bertz CT molecular complexity index is 386. The largest absolute Gasteiger partial charge is 0.493 e. The van der Waals surface area contributed by atoms with E-state index in [-0.39, 0.29) is 0 Å². The maximum absolute atomic E-state index is 6.02. The summed E-state index contributed by atoms with van der Waals surface area (Å²) < 4.78 is 6.02. The number of hydrogen-bond donors (Lipinski definition) is 2. The molecule has 0 bridgehead atoms. The van der Waals surface area contributed by atoms with E-state index >= 15 is 0 Å². The topological polar surface area (TPSA) is 33.3 Å². The van der Waals surface area contributed by atoms with Crippen LogP contribution in [0.15, 0.2) is 18.2 Å². The molecule has 1 aromatic rings. The molecule has 0 amide bonds. The normalized spacial score (nSPS) is 19.8. The minimum absolute atomic E-state index is 0.724. The molecule has 17 heavy (non-hydrogen) atoms. The van der Waals surface area contributed by atoms with Gasteiger partial charge in [0.15, 0.2) is 0 Å². The lowest BCUT2D eigenvalue weighted by Gasteiger charge is -2.23. The molecule has 0 radical (unpaired) electrons. The minimum Gasteiger partial charge on any atom is -0.493 e. The number of piperidine rings is 1. The van der Waals surface area contributed by atoms with E-state index < -0.39 is 0 Å². The van der Waals surface area contributed by atoms with Gasteiger partial charge >= 0.3 is 0 Å². The van der Waals surface area contributed by atoms with Crippen LogP contribution in [0.1, 0.15) is 18.4 Å². The quantitative estimate of drug-likeness (QED) is 0.836. The number of rotatable bonds is 3. The number of benzene rings is 1. The van der Waals surface area contributed by atoms with Crippen LogP contribution >= 0.6 is 0 Å². The first-order valence-corrected chi connectivity index (χ1v) is 6.63. The first-order valence-electron chi connectivity index (χ1n) is 6.63. The fourth-order valence-electron chi connectivity index (χ4n) is 2.70. The molecule has 92 valence electrons. The summed E-state index contributed by atoms with van der Waals surface area (Å²) >= 11 is 0. The highest BCUT2D eigenvalue weighted by Crippen LogP contribution is 2.31. The first kappa shape index (κ1) is 10.9. The SMILES string of the molecule is c1cc2c(c(OCC3CCNCC3)c1)CCN2. The second kappa shape index (κ2) is 4.96. The predicted molar refractivity (Wildman–Crippen MR) is 69.7 cm³/mol. The highest BCUT2D eigenvalue weighted by Gasteiger charge is 2.17. The van der Waals surface area contributed by atoms with E-state index in [0.717, 1.165) is 44.3 Å². The van der Waals surface area contributed by atoms with Crippen molar-refractivity contribution < 1.29 is 4.74 Å². The van der Waals surface area contributed by atoms with Crippen LogP contribution in [0.25, 0.3) is 0 Å². The Morgan fingerprint density at radius 3 is 2.94 bits per heavy atom. The van der Waals surface area contributed by atoms with Crippen LogP contribution in [0.3, 0.4) is 0 Å². The Morgan fingerprint density at radius 1 is 1.18 bits per heavy atom. The monoisotopic (exact) mass is 232 g/mol. The van der Waals surface area contributed by atoms with Gasteiger partial charge in [-0.25, -0.2) is 0 Å². The standard InChI is InChI=1S/C14H20N2O/c1-2-13-12(6-9-16-13)14(3-1)17-10-11-4-7-15-8-5-11/h1-3,11,15-16H,4-10H2. The van der Waals surface area contributed by atoms with Crippen molar-refractivity contribution in [1.29, 1.82) is 0 Å². The van der Waals surface area contributed by atoms with E-state index in [0.29, 0.717) is 0 Å². The van der Waals surface area contributed by atoms with Gasteiger partial charge in [0.25, 0.3) is 0 Å². The molecule has 3 rings (SSSR count). The van der Waals surface area contributed by atoms with Crippen LogP contribution in [0.5, 0.6) is 5.75 Å². The zero-order valence-corrected chi connectivity index (χ0v) is 10.2. The van der Waals surface area contributed by atoms with Gasteiger partial charge in [0.05, 0.1) is 6.61 Å². The number of anilines is 1. The summed E-state index contributed by atoms with van der Waals surface area (Å²) in [5.74, 6) is 1.81. The second-order valence-corrected chi connectivity index (χ2v) is 4.96. The molecule has 0 atom stereocenters. The number of nitrogens with one attached hydrogen (secondary N) is 2. The van der Waals surface area contributed by atoms with Gasteiger partial charge in [0, 0.05) is 17.8 Å². The molecular formula is C14H20N2O. The van der Waals surface area contributed by atoms with Gasteiger partial charge in [-0.3, -0.25) is 0 Å². The molecule has 0 aliphatic carbocycles. The van der Waals surface area contributed by atoms with Crippen LogP contribution in [0.4, 0.5) is 5.69 Å². The van der Waals surface area contributed by atoms with Crippen molar-refractivity contribution in [3.8, 4) is 5.75 Å². The summed E-state index contributed by atoms with van der Waals surface area (Å²) in [6.45, 7) is 4.20. The summed E-state index contributed by atoms with van der Waals surface area (Å²) in [5.41, 5.74) is 2.62. The van der Waals surface area contributed by atoms with Gasteiger partial charge in [-0.1, -0.05) is 6.07 Å². The zero-order chi connectivity index (χ0) is 11.5. The Hall–Kier alpha value is -1.22. The maximum atomic E-state index is 6.02. The highest BCUT2D eigenvalue weighted by molar-refractivity contribution is 5.61. The smallest absolute Gasteiger partial charge is 0.124 e. The summed E-state index contributed by atoms with van der Waals surface area (Å²) in [6.07, 6.45) is 3.58. The van der Waals surface area contributed by atoms with E-state index in [4.69, 9.17) is 4.74 Å². The van der Waals surface area contributed by atoms with Gasteiger partial charge in [-0.05, 0) is 50.4 Å². The fraction of sp³-hybridized carbons (Fsp3) is 0.571. The molecule has 3 heteroatoms. The van der Waals surface area contributed by atoms with Crippen molar-refractivity contribution in [2.45, 2.75) is 19.3 Å². The van der Waals surface area contributed by atoms with Crippen LogP contribution in [0.2, 0.25) is 0 Å². The molecule has 1 aromatic carbocycles. The van der Waals surface area contributed by atoms with Crippen LogP contribution in [-0.4, -0.2) is 26.2 Å². The summed E-state index contributed by atoms with van der Waals surface area (Å²) in [4.78, 5) is 0. The highest BCUT2D eigenvalue weighted by atomic mass is 16.5. The van der Waals surface area contributed by atoms with Gasteiger partial charge < -0.3 is 15.4 Å². The molecule has 2 aliphatic rings. The first-order chi connectivity index (χ1) is 8.43. The Morgan fingerprint density at radius 2 is 2.06 bits per heavy atom. The fourth-order valence-corrected chi connectivity index (χ4v) is 2.70. The maximum Gasteiger partial charge on any atom is 0.124 e. The third-order valence-electron chi connectivity index (χ3n) is 3.76.